The lowest BCUT2D eigenvalue weighted by Gasteiger charge is -2.32. The lowest BCUT2D eigenvalue weighted by molar-refractivity contribution is -0.119. The van der Waals surface area contributed by atoms with E-state index in [4.69, 9.17) is 0 Å². The van der Waals surface area contributed by atoms with Gasteiger partial charge < -0.3 is 4.79 Å². The van der Waals surface area contributed by atoms with E-state index in [0.29, 0.717) is 5.41 Å². The number of rotatable bonds is 1. The van der Waals surface area contributed by atoms with E-state index in [1.54, 1.807) is 0 Å². The molecule has 1 heteroatoms. The lowest BCUT2D eigenvalue weighted by atomic mass is 9.70. The third-order valence-corrected chi connectivity index (χ3v) is 4.13. The van der Waals surface area contributed by atoms with E-state index in [1.807, 2.05) is 0 Å². The van der Waals surface area contributed by atoms with Crippen molar-refractivity contribution < 1.29 is 4.79 Å². The van der Waals surface area contributed by atoms with E-state index in [-0.39, 0.29) is 5.41 Å². The zero-order valence-corrected chi connectivity index (χ0v) is 7.23. The van der Waals surface area contributed by atoms with Crippen molar-refractivity contribution in [3.05, 3.63) is 0 Å². The zero-order valence-electron chi connectivity index (χ0n) is 7.23. The monoisotopic (exact) mass is 152 g/mol. The van der Waals surface area contributed by atoms with Crippen molar-refractivity contribution in [3.8, 4) is 0 Å². The van der Waals surface area contributed by atoms with Gasteiger partial charge in [0.05, 0.1) is 0 Å². The molecule has 2 aliphatic carbocycles. The molecule has 0 atom stereocenters. The van der Waals surface area contributed by atoms with Gasteiger partial charge in [-0.2, -0.15) is 0 Å². The number of hydrogen-bond acceptors (Lipinski definition) is 1. The lowest BCUT2D eigenvalue weighted by Crippen LogP contribution is -2.30. The van der Waals surface area contributed by atoms with Gasteiger partial charge in [0, 0.05) is 5.41 Å². The quantitative estimate of drug-likeness (QED) is 0.528. The molecular weight excluding hydrogens is 136 g/mol. The van der Waals surface area contributed by atoms with Gasteiger partial charge in [-0.05, 0) is 31.1 Å². The Hall–Kier alpha value is -0.330. The molecule has 62 valence electrons. The highest BCUT2D eigenvalue weighted by Gasteiger charge is 2.54. The van der Waals surface area contributed by atoms with Crippen molar-refractivity contribution in [2.75, 3.05) is 0 Å². The van der Waals surface area contributed by atoms with Crippen LogP contribution < -0.4 is 0 Å². The fraction of sp³-hybridized carbons (Fsp3) is 0.900. The Labute approximate surface area is 68.2 Å². The molecular formula is C10H16O. The fourth-order valence-corrected chi connectivity index (χ4v) is 3.20. The normalized spacial score (nSPS) is 49.2. The van der Waals surface area contributed by atoms with Gasteiger partial charge in [0.25, 0.3) is 0 Å². The molecule has 0 unspecified atom stereocenters. The summed E-state index contributed by atoms with van der Waals surface area (Å²) in [7, 11) is 0. The second-order valence-corrected chi connectivity index (χ2v) is 4.54. The highest BCUT2D eigenvalue weighted by Crippen LogP contribution is 2.61. The second kappa shape index (κ2) is 2.09. The highest BCUT2D eigenvalue weighted by molar-refractivity contribution is 5.62. The molecule has 1 nitrogen and oxygen atoms in total. The minimum atomic E-state index is 0.104. The molecule has 0 aromatic rings. The number of carbonyl (C=O) groups is 1. The molecule has 0 bridgehead atoms. The average Bonchev–Trinajstić information content (AvgIpc) is 2.41. The summed E-state index contributed by atoms with van der Waals surface area (Å²) in [6.45, 7) is 2.31. The van der Waals surface area contributed by atoms with Crippen LogP contribution in [-0.4, -0.2) is 6.29 Å². The molecule has 0 amide bonds. The summed E-state index contributed by atoms with van der Waals surface area (Å²) in [5, 5.41) is 0. The summed E-state index contributed by atoms with van der Waals surface area (Å²) in [4.78, 5) is 11.0. The first kappa shape index (κ1) is 7.33. The van der Waals surface area contributed by atoms with Crippen LogP contribution in [-0.2, 0) is 4.79 Å². The predicted octanol–water partition coefficient (Wildman–Crippen LogP) is 2.55. The van der Waals surface area contributed by atoms with Crippen molar-refractivity contribution in [2.45, 2.75) is 45.4 Å². The van der Waals surface area contributed by atoms with E-state index >= 15 is 0 Å². The van der Waals surface area contributed by atoms with Crippen molar-refractivity contribution >= 4 is 6.29 Å². The number of hydrogen-bond donors (Lipinski definition) is 0. The number of aldehydes is 1. The Morgan fingerprint density at radius 3 is 2.00 bits per heavy atom. The molecule has 2 saturated carbocycles. The third kappa shape index (κ3) is 0.743. The molecule has 0 heterocycles. The van der Waals surface area contributed by atoms with E-state index in [0.717, 1.165) is 12.8 Å². The highest BCUT2D eigenvalue weighted by atomic mass is 16.1. The van der Waals surface area contributed by atoms with Crippen LogP contribution in [0.2, 0.25) is 0 Å². The molecule has 2 rings (SSSR count). The average molecular weight is 152 g/mol. The molecule has 0 N–H and O–H groups in total. The maximum atomic E-state index is 11.0. The van der Waals surface area contributed by atoms with Gasteiger partial charge in [-0.1, -0.05) is 19.8 Å². The predicted molar refractivity (Wildman–Crippen MR) is 44.3 cm³/mol. The maximum absolute atomic E-state index is 11.0. The molecule has 0 aromatic carbocycles. The minimum Gasteiger partial charge on any atom is -0.303 e. The molecule has 0 spiro atoms. The first-order chi connectivity index (χ1) is 5.22. The van der Waals surface area contributed by atoms with Crippen molar-refractivity contribution in [1.29, 1.82) is 0 Å². The van der Waals surface area contributed by atoms with Gasteiger partial charge in [0.1, 0.15) is 6.29 Å². The molecule has 0 saturated heterocycles. The number of fused-ring (bicyclic) bond motifs is 1. The van der Waals surface area contributed by atoms with Gasteiger partial charge in [-0.3, -0.25) is 0 Å². The van der Waals surface area contributed by atoms with Gasteiger partial charge in [0.15, 0.2) is 0 Å². The van der Waals surface area contributed by atoms with Crippen LogP contribution in [0.15, 0.2) is 0 Å². The maximum Gasteiger partial charge on any atom is 0.126 e. The zero-order chi connectivity index (χ0) is 7.95. The molecule has 0 radical (unpaired) electrons. The van der Waals surface area contributed by atoms with Crippen LogP contribution in [0, 0.1) is 10.8 Å². The molecule has 0 aromatic heterocycles. The van der Waals surface area contributed by atoms with Crippen LogP contribution in [0.5, 0.6) is 0 Å². The van der Waals surface area contributed by atoms with Crippen LogP contribution in [0.1, 0.15) is 45.4 Å². The van der Waals surface area contributed by atoms with Crippen LogP contribution in [0.3, 0.4) is 0 Å². The SMILES string of the molecule is CC12CCCC1(C=O)CCC2. The van der Waals surface area contributed by atoms with Crippen molar-refractivity contribution in [2.24, 2.45) is 10.8 Å². The molecule has 2 fully saturated rings. The van der Waals surface area contributed by atoms with Crippen molar-refractivity contribution in [1.82, 2.24) is 0 Å². The molecule has 0 aliphatic heterocycles. The second-order valence-electron chi connectivity index (χ2n) is 4.54. The topological polar surface area (TPSA) is 17.1 Å². The Morgan fingerprint density at radius 2 is 1.64 bits per heavy atom. The summed E-state index contributed by atoms with van der Waals surface area (Å²) < 4.78 is 0. The third-order valence-electron chi connectivity index (χ3n) is 4.13. The Balaban J connectivity index is 2.35. The summed E-state index contributed by atoms with van der Waals surface area (Å²) in [5.74, 6) is 0. The van der Waals surface area contributed by atoms with Crippen molar-refractivity contribution in [3.63, 3.8) is 0 Å². The molecule has 11 heavy (non-hydrogen) atoms. The van der Waals surface area contributed by atoms with E-state index in [9.17, 15) is 4.79 Å². The van der Waals surface area contributed by atoms with Gasteiger partial charge in [-0.15, -0.1) is 0 Å². The Bertz CT molecular complexity index is 173. The van der Waals surface area contributed by atoms with E-state index < -0.39 is 0 Å². The van der Waals surface area contributed by atoms with E-state index in [1.165, 1.54) is 32.0 Å². The summed E-state index contributed by atoms with van der Waals surface area (Å²) in [6.07, 6.45) is 8.69. The first-order valence-corrected chi connectivity index (χ1v) is 4.69. The molecule has 2 aliphatic rings. The van der Waals surface area contributed by atoms with Gasteiger partial charge >= 0.3 is 0 Å². The smallest absolute Gasteiger partial charge is 0.126 e. The van der Waals surface area contributed by atoms with Crippen LogP contribution >= 0.6 is 0 Å². The summed E-state index contributed by atoms with van der Waals surface area (Å²) >= 11 is 0. The van der Waals surface area contributed by atoms with Gasteiger partial charge in [0.2, 0.25) is 0 Å². The van der Waals surface area contributed by atoms with E-state index in [2.05, 4.69) is 6.92 Å². The summed E-state index contributed by atoms with van der Waals surface area (Å²) in [6, 6.07) is 0. The fourth-order valence-electron chi connectivity index (χ4n) is 3.20. The van der Waals surface area contributed by atoms with Crippen LogP contribution in [0.4, 0.5) is 0 Å². The van der Waals surface area contributed by atoms with Crippen LogP contribution in [0.25, 0.3) is 0 Å². The Kier molecular flexibility index (Phi) is 1.39. The Morgan fingerprint density at radius 1 is 1.09 bits per heavy atom. The summed E-state index contributed by atoms with van der Waals surface area (Å²) in [5.41, 5.74) is 0.488. The minimum absolute atomic E-state index is 0.104. The van der Waals surface area contributed by atoms with Gasteiger partial charge in [-0.25, -0.2) is 0 Å². The largest absolute Gasteiger partial charge is 0.303 e. The first-order valence-electron chi connectivity index (χ1n) is 4.69. The number of carbonyl (C=O) groups excluding carboxylic acids is 1. The standard InChI is InChI=1S/C10H16O/c1-9-4-2-6-10(9,8-11)7-3-5-9/h8H,2-7H2,1H3.